The van der Waals surface area contributed by atoms with Crippen LogP contribution in [-0.2, 0) is 0 Å². The molecule has 0 saturated carbocycles. The molecule has 0 aromatic carbocycles. The van der Waals surface area contributed by atoms with Crippen molar-refractivity contribution in [1.82, 2.24) is 39.7 Å². The summed E-state index contributed by atoms with van der Waals surface area (Å²) in [4.78, 5) is 40.0. The van der Waals surface area contributed by atoms with Crippen LogP contribution in [-0.4, -0.2) is 68.5 Å². The zero-order chi connectivity index (χ0) is 26.6. The third kappa shape index (κ3) is 3.83. The van der Waals surface area contributed by atoms with Gasteiger partial charge in [0.05, 0.1) is 29.3 Å². The number of anilines is 1. The number of nitrogens with one attached hydrogen (secondary N) is 1. The van der Waals surface area contributed by atoms with Crippen molar-refractivity contribution >= 4 is 23.2 Å². The molecule has 1 unspecified atom stereocenters. The summed E-state index contributed by atoms with van der Waals surface area (Å²) >= 11 is 0. The molecule has 2 saturated heterocycles. The lowest BCUT2D eigenvalue weighted by molar-refractivity contribution is 0.0556. The monoisotopic (exact) mass is 515 g/mol. The highest BCUT2D eigenvalue weighted by atomic mass is 16.3. The summed E-state index contributed by atoms with van der Waals surface area (Å²) in [6.45, 7) is 3.39. The number of hydrogen-bond donors (Lipinski definition) is 3. The maximum absolute atomic E-state index is 13.1. The van der Waals surface area contributed by atoms with Crippen molar-refractivity contribution in [3.05, 3.63) is 53.6 Å². The van der Waals surface area contributed by atoms with Crippen molar-refractivity contribution in [3.63, 3.8) is 0 Å². The fraction of sp³-hybridized carbons (Fsp3) is 0.423. The van der Waals surface area contributed by atoms with Crippen LogP contribution in [0.3, 0.4) is 0 Å². The molecule has 2 aliphatic rings. The molecule has 2 fully saturated rings. The third-order valence-corrected chi connectivity index (χ3v) is 7.86. The Kier molecular flexibility index (Phi) is 5.90. The Bertz CT molecular complexity index is 1500. The molecule has 0 spiro atoms. The van der Waals surface area contributed by atoms with Gasteiger partial charge in [-0.2, -0.15) is 9.61 Å². The molecule has 6 heterocycles. The maximum Gasteiger partial charge on any atom is 0.292 e. The molecule has 2 bridgehead atoms. The van der Waals surface area contributed by atoms with Crippen molar-refractivity contribution in [2.24, 2.45) is 0 Å². The van der Waals surface area contributed by atoms with Crippen LogP contribution in [0.5, 0.6) is 0 Å². The molecule has 4 aromatic heterocycles. The summed E-state index contributed by atoms with van der Waals surface area (Å²) in [5.74, 6) is 0.132. The van der Waals surface area contributed by atoms with E-state index in [4.69, 9.17) is 10.7 Å². The summed E-state index contributed by atoms with van der Waals surface area (Å²) in [5, 5.41) is 22.2. The number of nitrogens with two attached hydrogens (primary N) is 1. The number of carbonyl (C=O) groups excluding carboxylic acids is 2. The number of amides is 1. The molecule has 4 N–H and O–H groups in total. The Labute approximate surface area is 218 Å². The predicted octanol–water partition coefficient (Wildman–Crippen LogP) is 2.69. The topological polar surface area (TPSA) is 168 Å². The van der Waals surface area contributed by atoms with E-state index in [-0.39, 0.29) is 41.3 Å². The number of aromatic amines is 1. The SMILES string of the molecule is CCC(O)c1ccc(-c2cnn3c(N)c(C(C)=O)c([C@H]4C[C@H]5CC[C@@H](C4)N5C(=O)c4nnc[nH]4)nc23)cn1. The lowest BCUT2D eigenvalue weighted by Gasteiger charge is -2.38. The van der Waals surface area contributed by atoms with Gasteiger partial charge in [-0.25, -0.2) is 4.98 Å². The van der Waals surface area contributed by atoms with E-state index in [2.05, 4.69) is 25.3 Å². The van der Waals surface area contributed by atoms with Crippen LogP contribution in [0.2, 0.25) is 0 Å². The molecule has 4 aromatic rings. The minimum Gasteiger partial charge on any atom is -0.387 e. The van der Waals surface area contributed by atoms with Crippen LogP contribution in [0.1, 0.15) is 90.3 Å². The molecular weight excluding hydrogens is 486 g/mol. The van der Waals surface area contributed by atoms with E-state index in [0.717, 1.165) is 24.0 Å². The van der Waals surface area contributed by atoms with E-state index < -0.39 is 6.10 Å². The average Bonchev–Trinajstić information content (AvgIpc) is 3.66. The lowest BCUT2D eigenvalue weighted by atomic mass is 9.85. The molecule has 0 radical (unpaired) electrons. The first-order valence-electron chi connectivity index (χ1n) is 12.9. The van der Waals surface area contributed by atoms with Gasteiger partial charge in [0.2, 0.25) is 5.82 Å². The van der Waals surface area contributed by atoms with Crippen LogP contribution >= 0.6 is 0 Å². The van der Waals surface area contributed by atoms with Gasteiger partial charge < -0.3 is 20.7 Å². The highest BCUT2D eigenvalue weighted by molar-refractivity contribution is 6.00. The zero-order valence-corrected chi connectivity index (χ0v) is 21.2. The number of aliphatic hydroxyl groups is 1. The van der Waals surface area contributed by atoms with Gasteiger partial charge in [-0.3, -0.25) is 14.6 Å². The van der Waals surface area contributed by atoms with Gasteiger partial charge in [-0.1, -0.05) is 13.0 Å². The second-order valence-electron chi connectivity index (χ2n) is 10.1. The van der Waals surface area contributed by atoms with Crippen molar-refractivity contribution in [2.75, 3.05) is 5.73 Å². The summed E-state index contributed by atoms with van der Waals surface area (Å²) in [5.41, 5.74) is 10.2. The van der Waals surface area contributed by atoms with E-state index in [1.54, 1.807) is 18.5 Å². The van der Waals surface area contributed by atoms with Gasteiger partial charge in [0.25, 0.3) is 5.91 Å². The number of rotatable bonds is 6. The molecule has 12 heteroatoms. The number of aromatic nitrogens is 7. The smallest absolute Gasteiger partial charge is 0.292 e. The Morgan fingerprint density at radius 1 is 1.21 bits per heavy atom. The zero-order valence-electron chi connectivity index (χ0n) is 21.2. The number of nitrogen functional groups attached to an aromatic ring is 1. The summed E-state index contributed by atoms with van der Waals surface area (Å²) in [7, 11) is 0. The number of hydrogen-bond acceptors (Lipinski definition) is 9. The number of piperidine rings is 1. The van der Waals surface area contributed by atoms with Gasteiger partial charge in [0, 0.05) is 35.3 Å². The van der Waals surface area contributed by atoms with Crippen LogP contribution in [0.4, 0.5) is 5.82 Å². The van der Waals surface area contributed by atoms with Crippen molar-refractivity contribution in [3.8, 4) is 11.1 Å². The minimum atomic E-state index is -0.622. The molecule has 1 amide bonds. The van der Waals surface area contributed by atoms with Crippen LogP contribution in [0.15, 0.2) is 30.9 Å². The summed E-state index contributed by atoms with van der Waals surface area (Å²) in [6, 6.07) is 3.70. The average molecular weight is 516 g/mol. The number of Topliss-reactive ketones (excluding diaryl/α,β-unsaturated/α-hetero) is 1. The van der Waals surface area contributed by atoms with E-state index >= 15 is 0 Å². The second-order valence-corrected chi connectivity index (χ2v) is 10.1. The van der Waals surface area contributed by atoms with Crippen LogP contribution in [0.25, 0.3) is 16.8 Å². The molecular formula is C26H29N9O3. The third-order valence-electron chi connectivity index (χ3n) is 7.86. The molecule has 0 aliphatic carbocycles. The van der Waals surface area contributed by atoms with Gasteiger partial charge >= 0.3 is 0 Å². The van der Waals surface area contributed by atoms with Crippen molar-refractivity contribution in [2.45, 2.75) is 70.1 Å². The number of ketones is 1. The Morgan fingerprint density at radius 3 is 2.58 bits per heavy atom. The molecule has 6 rings (SSSR count). The fourth-order valence-corrected chi connectivity index (χ4v) is 6.03. The standard InChI is InChI=1S/C26H29N9O3/c1-3-20(37)19-7-4-14(10-28-19)18-11-31-35-23(27)21(13(2)36)22(32-25(18)35)15-8-16-5-6-17(9-15)34(16)26(38)24-29-12-30-33-24/h4,7,10-12,15-17,20,37H,3,5-6,8-9,27H2,1-2H3,(H,29,30,33)/t15-,16+,17-,20?. The lowest BCUT2D eigenvalue weighted by Crippen LogP contribution is -2.46. The van der Waals surface area contributed by atoms with Gasteiger partial charge in [-0.15, -0.1) is 10.2 Å². The number of carbonyl (C=O) groups is 2. The molecule has 4 atom stereocenters. The first-order chi connectivity index (χ1) is 18.4. The summed E-state index contributed by atoms with van der Waals surface area (Å²) < 4.78 is 1.50. The van der Waals surface area contributed by atoms with Gasteiger partial charge in [-0.05, 0) is 45.1 Å². The number of fused-ring (bicyclic) bond motifs is 3. The Hall–Kier alpha value is -4.19. The van der Waals surface area contributed by atoms with E-state index in [1.807, 2.05) is 17.9 Å². The maximum atomic E-state index is 13.1. The molecule has 196 valence electrons. The quantitative estimate of drug-likeness (QED) is 0.327. The fourth-order valence-electron chi connectivity index (χ4n) is 6.03. The highest BCUT2D eigenvalue weighted by Gasteiger charge is 2.45. The first kappa shape index (κ1) is 24.2. The summed E-state index contributed by atoms with van der Waals surface area (Å²) in [6.07, 6.45) is 7.83. The van der Waals surface area contributed by atoms with Crippen molar-refractivity contribution < 1.29 is 14.7 Å². The number of pyridine rings is 1. The van der Waals surface area contributed by atoms with Gasteiger partial charge in [0.15, 0.2) is 11.4 Å². The number of nitrogens with zero attached hydrogens (tertiary/aromatic N) is 7. The predicted molar refractivity (Wildman–Crippen MR) is 137 cm³/mol. The number of H-pyrrole nitrogens is 1. The van der Waals surface area contributed by atoms with Crippen LogP contribution < -0.4 is 5.73 Å². The molecule has 12 nitrogen and oxygen atoms in total. The first-order valence-corrected chi connectivity index (χ1v) is 12.9. The Morgan fingerprint density at radius 2 is 1.97 bits per heavy atom. The molecule has 2 aliphatic heterocycles. The molecule has 38 heavy (non-hydrogen) atoms. The van der Waals surface area contributed by atoms with E-state index in [9.17, 15) is 14.7 Å². The van der Waals surface area contributed by atoms with Crippen LogP contribution in [0, 0.1) is 0 Å². The largest absolute Gasteiger partial charge is 0.387 e. The minimum absolute atomic E-state index is 0.0153. The van der Waals surface area contributed by atoms with E-state index in [1.165, 1.54) is 17.8 Å². The van der Waals surface area contributed by atoms with Crippen molar-refractivity contribution in [1.29, 1.82) is 0 Å². The number of aliphatic hydroxyl groups excluding tert-OH is 1. The van der Waals surface area contributed by atoms with Gasteiger partial charge in [0.1, 0.15) is 12.1 Å². The van der Waals surface area contributed by atoms with E-state index in [0.29, 0.717) is 41.9 Å². The normalized spacial score (nSPS) is 21.7. The Balaban J connectivity index is 1.38. The highest BCUT2D eigenvalue weighted by Crippen LogP contribution is 2.45. The second kappa shape index (κ2) is 9.28.